The van der Waals surface area contributed by atoms with Crippen molar-refractivity contribution in [1.82, 2.24) is 10.2 Å². The second-order valence-electron chi connectivity index (χ2n) is 6.43. The molecule has 1 saturated carbocycles. The van der Waals surface area contributed by atoms with E-state index in [1.807, 2.05) is 12.1 Å². The molecule has 144 valence electrons. The van der Waals surface area contributed by atoms with Gasteiger partial charge >= 0.3 is 0 Å². The summed E-state index contributed by atoms with van der Waals surface area (Å²) in [5, 5.41) is 3.44. The molecule has 1 aliphatic carbocycles. The highest BCUT2D eigenvalue weighted by molar-refractivity contribution is 5.85. The van der Waals surface area contributed by atoms with E-state index in [1.54, 1.807) is 21.3 Å². The van der Waals surface area contributed by atoms with Crippen LogP contribution in [0, 0.1) is 5.92 Å². The van der Waals surface area contributed by atoms with Gasteiger partial charge in [0.05, 0.1) is 26.9 Å². The molecule has 5 nitrogen and oxygen atoms in total. The maximum atomic E-state index is 5.70. The monoisotopic (exact) mass is 392 g/mol. The Hall–Kier alpha value is -0.880. The number of piperazine rings is 1. The average molecular weight is 393 g/mol. The van der Waals surface area contributed by atoms with Crippen LogP contribution in [-0.4, -0.2) is 52.4 Å². The van der Waals surface area contributed by atoms with Gasteiger partial charge in [0.2, 0.25) is 0 Å². The van der Waals surface area contributed by atoms with Crippen molar-refractivity contribution < 1.29 is 14.2 Å². The van der Waals surface area contributed by atoms with Crippen molar-refractivity contribution in [2.75, 3.05) is 47.5 Å². The van der Waals surface area contributed by atoms with Crippen molar-refractivity contribution in [3.63, 3.8) is 0 Å². The number of halogens is 2. The lowest BCUT2D eigenvalue weighted by Crippen LogP contribution is -2.45. The number of hydrogen-bond acceptors (Lipinski definition) is 5. The lowest BCUT2D eigenvalue weighted by atomic mass is 9.96. The van der Waals surface area contributed by atoms with E-state index in [1.165, 1.54) is 24.8 Å². The topological polar surface area (TPSA) is 43.0 Å². The minimum Gasteiger partial charge on any atom is -0.496 e. The first-order chi connectivity index (χ1) is 11.3. The third kappa shape index (κ3) is 5.30. The molecule has 1 atom stereocenters. The van der Waals surface area contributed by atoms with Crippen LogP contribution < -0.4 is 19.5 Å². The fourth-order valence-electron chi connectivity index (χ4n) is 3.47. The number of hydrogen-bond donors (Lipinski definition) is 1. The average Bonchev–Trinajstić information content (AvgIpc) is 3.43. The second-order valence-corrected chi connectivity index (χ2v) is 6.43. The Morgan fingerprint density at radius 2 is 1.56 bits per heavy atom. The van der Waals surface area contributed by atoms with Gasteiger partial charge in [-0.15, -0.1) is 24.8 Å². The molecule has 0 aromatic heterocycles. The maximum Gasteiger partial charge on any atom is 0.131 e. The maximum absolute atomic E-state index is 5.70. The van der Waals surface area contributed by atoms with Crippen molar-refractivity contribution in [2.24, 2.45) is 5.92 Å². The number of methoxy groups -OCH3 is 3. The number of nitrogens with one attached hydrogen (secondary N) is 1. The molecule has 25 heavy (non-hydrogen) atoms. The summed E-state index contributed by atoms with van der Waals surface area (Å²) in [6.07, 6.45) is 3.88. The highest BCUT2D eigenvalue weighted by Crippen LogP contribution is 2.46. The van der Waals surface area contributed by atoms with Gasteiger partial charge in [-0.05, 0) is 12.3 Å². The van der Waals surface area contributed by atoms with Gasteiger partial charge in [-0.3, -0.25) is 4.90 Å². The van der Waals surface area contributed by atoms with Crippen LogP contribution in [-0.2, 0) is 0 Å². The zero-order valence-electron chi connectivity index (χ0n) is 15.2. The number of ether oxygens (including phenoxy) is 3. The third-order valence-corrected chi connectivity index (χ3v) is 4.93. The van der Waals surface area contributed by atoms with Crippen molar-refractivity contribution in [1.29, 1.82) is 0 Å². The fourth-order valence-corrected chi connectivity index (χ4v) is 3.47. The molecular weight excluding hydrogens is 363 g/mol. The summed E-state index contributed by atoms with van der Waals surface area (Å²) >= 11 is 0. The standard InChI is InChI=1S/C18H28N2O3.2ClH/c1-21-14-11-16(22-2)18(17(12-14)23-3)15(10-13-4-5-13)20-8-6-19-7-9-20;;/h11-13,15,19H,4-10H2,1-3H3;2*1H/t15-;;/m0../s1. The first-order valence-electron chi connectivity index (χ1n) is 8.51. The van der Waals surface area contributed by atoms with Gasteiger partial charge in [0, 0.05) is 44.4 Å². The molecule has 2 aliphatic rings. The Morgan fingerprint density at radius 1 is 1.00 bits per heavy atom. The molecule has 0 amide bonds. The van der Waals surface area contributed by atoms with Gasteiger partial charge in [0.1, 0.15) is 17.2 Å². The Kier molecular flexibility index (Phi) is 9.14. The van der Waals surface area contributed by atoms with Gasteiger partial charge in [-0.2, -0.15) is 0 Å². The molecule has 1 aliphatic heterocycles. The highest BCUT2D eigenvalue weighted by atomic mass is 35.5. The molecule has 3 rings (SSSR count). The van der Waals surface area contributed by atoms with Crippen LogP contribution in [0.4, 0.5) is 0 Å². The van der Waals surface area contributed by atoms with Gasteiger partial charge < -0.3 is 19.5 Å². The predicted octanol–water partition coefficient (Wildman–Crippen LogP) is 3.30. The molecule has 1 N–H and O–H groups in total. The van der Waals surface area contributed by atoms with E-state index in [4.69, 9.17) is 14.2 Å². The Morgan fingerprint density at radius 3 is 2.00 bits per heavy atom. The molecule has 0 radical (unpaired) electrons. The van der Waals surface area contributed by atoms with Crippen molar-refractivity contribution in [3.8, 4) is 17.2 Å². The molecule has 2 fully saturated rings. The van der Waals surface area contributed by atoms with Crippen molar-refractivity contribution >= 4 is 24.8 Å². The molecule has 1 aromatic carbocycles. The zero-order valence-corrected chi connectivity index (χ0v) is 16.9. The molecule has 0 spiro atoms. The first-order valence-corrected chi connectivity index (χ1v) is 8.51. The summed E-state index contributed by atoms with van der Waals surface area (Å²) in [6, 6.07) is 4.29. The van der Waals surface area contributed by atoms with Crippen LogP contribution in [0.25, 0.3) is 0 Å². The van der Waals surface area contributed by atoms with E-state index in [0.717, 1.165) is 49.3 Å². The molecule has 1 saturated heterocycles. The van der Waals surface area contributed by atoms with E-state index in [-0.39, 0.29) is 24.8 Å². The van der Waals surface area contributed by atoms with Crippen LogP contribution in [0.1, 0.15) is 30.9 Å². The molecule has 1 heterocycles. The lowest BCUT2D eigenvalue weighted by Gasteiger charge is -2.36. The molecule has 0 bridgehead atoms. The third-order valence-electron chi connectivity index (χ3n) is 4.93. The van der Waals surface area contributed by atoms with E-state index in [0.29, 0.717) is 6.04 Å². The van der Waals surface area contributed by atoms with E-state index in [9.17, 15) is 0 Å². The Bertz CT molecular complexity index is 510. The first kappa shape index (κ1) is 22.2. The minimum atomic E-state index is 0. The summed E-state index contributed by atoms with van der Waals surface area (Å²) in [5.74, 6) is 3.34. The van der Waals surface area contributed by atoms with Crippen molar-refractivity contribution in [2.45, 2.75) is 25.3 Å². The fraction of sp³-hybridized carbons (Fsp3) is 0.667. The molecule has 0 unspecified atom stereocenters. The largest absolute Gasteiger partial charge is 0.496 e. The van der Waals surface area contributed by atoms with Gasteiger partial charge in [-0.25, -0.2) is 0 Å². The molecule has 7 heteroatoms. The molecular formula is C18H30Cl2N2O3. The SMILES string of the molecule is COc1cc(OC)c([C@H](CC2CC2)N2CCNCC2)c(OC)c1.Cl.Cl. The summed E-state index contributed by atoms with van der Waals surface area (Å²) in [6.45, 7) is 4.22. The number of nitrogens with zero attached hydrogens (tertiary/aromatic N) is 1. The zero-order chi connectivity index (χ0) is 16.2. The summed E-state index contributed by atoms with van der Waals surface area (Å²) in [7, 11) is 5.12. The van der Waals surface area contributed by atoms with E-state index < -0.39 is 0 Å². The smallest absolute Gasteiger partial charge is 0.131 e. The Balaban J connectivity index is 0.00000156. The second kappa shape index (κ2) is 10.3. The van der Waals surface area contributed by atoms with Crippen LogP contribution in [0.2, 0.25) is 0 Å². The van der Waals surface area contributed by atoms with Crippen LogP contribution >= 0.6 is 24.8 Å². The predicted molar refractivity (Wildman–Crippen MR) is 105 cm³/mol. The molecule has 1 aromatic rings. The van der Waals surface area contributed by atoms with Gasteiger partial charge in [0.25, 0.3) is 0 Å². The van der Waals surface area contributed by atoms with E-state index in [2.05, 4.69) is 10.2 Å². The van der Waals surface area contributed by atoms with Crippen LogP contribution in [0.15, 0.2) is 12.1 Å². The minimum absolute atomic E-state index is 0. The number of benzene rings is 1. The summed E-state index contributed by atoms with van der Waals surface area (Å²) in [5.41, 5.74) is 1.17. The van der Waals surface area contributed by atoms with Crippen LogP contribution in [0.5, 0.6) is 17.2 Å². The highest BCUT2D eigenvalue weighted by Gasteiger charge is 2.34. The normalized spacial score (nSPS) is 18.5. The number of rotatable bonds is 7. The summed E-state index contributed by atoms with van der Waals surface area (Å²) < 4.78 is 16.8. The van der Waals surface area contributed by atoms with E-state index >= 15 is 0 Å². The van der Waals surface area contributed by atoms with Gasteiger partial charge in [0.15, 0.2) is 0 Å². The lowest BCUT2D eigenvalue weighted by molar-refractivity contribution is 0.154. The van der Waals surface area contributed by atoms with Crippen LogP contribution in [0.3, 0.4) is 0 Å². The van der Waals surface area contributed by atoms with Crippen molar-refractivity contribution in [3.05, 3.63) is 17.7 Å². The summed E-state index contributed by atoms with van der Waals surface area (Å²) in [4.78, 5) is 2.57. The van der Waals surface area contributed by atoms with Gasteiger partial charge in [-0.1, -0.05) is 12.8 Å². The Labute approximate surface area is 163 Å². The quantitative estimate of drug-likeness (QED) is 0.770.